The van der Waals surface area contributed by atoms with Crippen molar-refractivity contribution >= 4 is 55.1 Å². The van der Waals surface area contributed by atoms with Crippen molar-refractivity contribution in [1.82, 2.24) is 5.32 Å². The molecule has 20 heavy (non-hydrogen) atoms. The number of ether oxygens (including phenoxy) is 1. The Kier molecular flexibility index (Phi) is 5.22. The Bertz CT molecular complexity index is 506. The zero-order valence-corrected chi connectivity index (χ0v) is 14.4. The van der Waals surface area contributed by atoms with Crippen LogP contribution in [0, 0.1) is 5.41 Å². The molecule has 0 bridgehead atoms. The van der Waals surface area contributed by atoms with E-state index in [0.717, 1.165) is 8.26 Å². The third-order valence-electron chi connectivity index (χ3n) is 3.36. The van der Waals surface area contributed by atoms with Crippen LogP contribution in [0.4, 0.5) is 0 Å². The topological polar surface area (TPSA) is 75.6 Å². The highest BCUT2D eigenvalue weighted by Gasteiger charge is 2.40. The summed E-state index contributed by atoms with van der Waals surface area (Å²) < 4.78 is 6.85. The van der Waals surface area contributed by atoms with Gasteiger partial charge in [-0.15, -0.1) is 11.3 Å². The first-order valence-corrected chi connectivity index (χ1v) is 8.39. The van der Waals surface area contributed by atoms with E-state index in [-0.39, 0.29) is 12.5 Å². The van der Waals surface area contributed by atoms with Crippen LogP contribution in [0.25, 0.3) is 0 Å². The van der Waals surface area contributed by atoms with Crippen LogP contribution in [0.3, 0.4) is 0 Å². The molecule has 0 aromatic carbocycles. The van der Waals surface area contributed by atoms with Gasteiger partial charge >= 0.3 is 5.97 Å². The van der Waals surface area contributed by atoms with Gasteiger partial charge in [-0.2, -0.15) is 0 Å². The van der Waals surface area contributed by atoms with Gasteiger partial charge in [0.2, 0.25) is 0 Å². The quantitative estimate of drug-likeness (QED) is 0.776. The van der Waals surface area contributed by atoms with Crippen molar-refractivity contribution in [2.75, 3.05) is 19.8 Å². The van der Waals surface area contributed by atoms with Crippen molar-refractivity contribution in [3.05, 3.63) is 19.2 Å². The van der Waals surface area contributed by atoms with Gasteiger partial charge in [-0.05, 0) is 50.8 Å². The van der Waals surface area contributed by atoms with Gasteiger partial charge < -0.3 is 15.2 Å². The first kappa shape index (κ1) is 15.9. The summed E-state index contributed by atoms with van der Waals surface area (Å²) in [5.74, 6) is -1.14. The zero-order chi connectivity index (χ0) is 14.8. The smallest absolute Gasteiger partial charge is 0.311 e. The predicted molar refractivity (Wildman–Crippen MR) is 82.2 cm³/mol. The largest absolute Gasteiger partial charge is 0.481 e. The first-order valence-electron chi connectivity index (χ1n) is 5.99. The summed E-state index contributed by atoms with van der Waals surface area (Å²) in [6.45, 7) is 0.953. The molecule has 1 aromatic rings. The van der Waals surface area contributed by atoms with Gasteiger partial charge in [0, 0.05) is 24.2 Å². The SMILES string of the molecule is O=C(NCC1(C(=O)O)CCOCC1)c1cc(Br)c(Br)s1. The molecule has 1 fully saturated rings. The number of nitrogens with one attached hydrogen (secondary N) is 1. The Morgan fingerprint density at radius 2 is 2.05 bits per heavy atom. The third-order valence-corrected chi connectivity index (χ3v) is 6.61. The minimum atomic E-state index is -0.917. The normalized spacial score (nSPS) is 17.7. The van der Waals surface area contributed by atoms with Gasteiger partial charge in [0.1, 0.15) is 0 Å². The van der Waals surface area contributed by atoms with E-state index in [9.17, 15) is 14.7 Å². The molecule has 2 N–H and O–H groups in total. The lowest BCUT2D eigenvalue weighted by atomic mass is 9.80. The van der Waals surface area contributed by atoms with E-state index in [1.807, 2.05) is 0 Å². The van der Waals surface area contributed by atoms with Crippen LogP contribution < -0.4 is 5.32 Å². The van der Waals surface area contributed by atoms with Crippen molar-refractivity contribution in [3.63, 3.8) is 0 Å². The molecule has 0 spiro atoms. The predicted octanol–water partition coefficient (Wildman–Crippen LogP) is 2.88. The average Bonchev–Trinajstić information content (AvgIpc) is 2.77. The summed E-state index contributed by atoms with van der Waals surface area (Å²) in [6.07, 6.45) is 0.834. The van der Waals surface area contributed by atoms with E-state index in [1.54, 1.807) is 6.07 Å². The van der Waals surface area contributed by atoms with Crippen molar-refractivity contribution in [2.45, 2.75) is 12.8 Å². The van der Waals surface area contributed by atoms with Gasteiger partial charge in [0.15, 0.2) is 0 Å². The summed E-state index contributed by atoms with van der Waals surface area (Å²) in [5, 5.41) is 12.1. The number of carbonyl (C=O) groups excluding carboxylic acids is 1. The van der Waals surface area contributed by atoms with E-state index in [1.165, 1.54) is 11.3 Å². The van der Waals surface area contributed by atoms with Gasteiger partial charge in [0.05, 0.1) is 14.1 Å². The second kappa shape index (κ2) is 6.55. The first-order chi connectivity index (χ1) is 9.44. The van der Waals surface area contributed by atoms with E-state index < -0.39 is 11.4 Å². The minimum absolute atomic E-state index is 0.123. The maximum atomic E-state index is 12.1. The highest BCUT2D eigenvalue weighted by atomic mass is 79.9. The molecule has 0 atom stereocenters. The second-order valence-electron chi connectivity index (χ2n) is 4.61. The van der Waals surface area contributed by atoms with E-state index in [4.69, 9.17) is 4.74 Å². The highest BCUT2D eigenvalue weighted by Crippen LogP contribution is 2.33. The number of halogens is 2. The maximum absolute atomic E-state index is 12.1. The van der Waals surface area contributed by atoms with Gasteiger partial charge in [0.25, 0.3) is 5.91 Å². The van der Waals surface area contributed by atoms with Crippen LogP contribution in [0.15, 0.2) is 14.3 Å². The minimum Gasteiger partial charge on any atom is -0.481 e. The standard InChI is InChI=1S/C12H13Br2NO4S/c13-7-5-8(20-9(7)14)10(16)15-6-12(11(17)18)1-3-19-4-2-12/h5H,1-4,6H2,(H,15,16)(H,17,18). The lowest BCUT2D eigenvalue weighted by Gasteiger charge is -2.33. The second-order valence-corrected chi connectivity index (χ2v) is 7.84. The van der Waals surface area contributed by atoms with Gasteiger partial charge in [-0.1, -0.05) is 0 Å². The molecule has 0 unspecified atom stereocenters. The summed E-state index contributed by atoms with van der Waals surface area (Å²) in [4.78, 5) is 24.1. The third kappa shape index (κ3) is 3.41. The number of aliphatic carboxylic acids is 1. The maximum Gasteiger partial charge on any atom is 0.311 e. The molecule has 2 heterocycles. The zero-order valence-electron chi connectivity index (χ0n) is 10.4. The van der Waals surface area contributed by atoms with Crippen LogP contribution in [-0.4, -0.2) is 36.7 Å². The number of hydrogen-bond donors (Lipinski definition) is 2. The van der Waals surface area contributed by atoms with Crippen LogP contribution in [0.5, 0.6) is 0 Å². The van der Waals surface area contributed by atoms with Crippen molar-refractivity contribution in [3.8, 4) is 0 Å². The molecule has 8 heteroatoms. The molecule has 1 aliphatic heterocycles. The van der Waals surface area contributed by atoms with E-state index in [2.05, 4.69) is 37.2 Å². The summed E-state index contributed by atoms with van der Waals surface area (Å²) in [6, 6.07) is 1.71. The fourth-order valence-electron chi connectivity index (χ4n) is 2.02. The average molecular weight is 427 g/mol. The Morgan fingerprint density at radius 1 is 1.40 bits per heavy atom. The molecule has 1 aromatic heterocycles. The van der Waals surface area contributed by atoms with Crippen molar-refractivity contribution in [2.24, 2.45) is 5.41 Å². The van der Waals surface area contributed by atoms with E-state index >= 15 is 0 Å². The van der Waals surface area contributed by atoms with Crippen LogP contribution in [0.1, 0.15) is 22.5 Å². The summed E-state index contributed by atoms with van der Waals surface area (Å²) in [5.41, 5.74) is -0.917. The lowest BCUT2D eigenvalue weighted by Crippen LogP contribution is -2.46. The van der Waals surface area contributed by atoms with Gasteiger partial charge in [-0.3, -0.25) is 9.59 Å². The molecule has 5 nitrogen and oxygen atoms in total. The molecule has 0 radical (unpaired) electrons. The molecule has 1 aliphatic rings. The number of carboxylic acids is 1. The molecular weight excluding hydrogens is 414 g/mol. The molecule has 110 valence electrons. The monoisotopic (exact) mass is 425 g/mol. The molecule has 2 rings (SSSR count). The summed E-state index contributed by atoms with van der Waals surface area (Å²) in [7, 11) is 0. The lowest BCUT2D eigenvalue weighted by molar-refractivity contribution is -0.154. The Balaban J connectivity index is 2.02. The Morgan fingerprint density at radius 3 is 2.55 bits per heavy atom. The van der Waals surface area contributed by atoms with E-state index in [0.29, 0.717) is 30.9 Å². The van der Waals surface area contributed by atoms with Crippen LogP contribution >= 0.6 is 43.2 Å². The molecule has 0 aliphatic carbocycles. The number of carboxylic acid groups (broad SMARTS) is 1. The number of thiophene rings is 1. The molecule has 0 saturated carbocycles. The number of carbonyl (C=O) groups is 2. The Hall–Kier alpha value is -0.440. The van der Waals surface area contributed by atoms with Gasteiger partial charge in [-0.25, -0.2) is 0 Å². The number of hydrogen-bond acceptors (Lipinski definition) is 4. The fraction of sp³-hybridized carbons (Fsp3) is 0.500. The van der Waals surface area contributed by atoms with Crippen molar-refractivity contribution in [1.29, 1.82) is 0 Å². The molecule has 1 amide bonds. The number of amides is 1. The highest BCUT2D eigenvalue weighted by molar-refractivity contribution is 9.13. The molecule has 1 saturated heterocycles. The van der Waals surface area contributed by atoms with Crippen LogP contribution in [-0.2, 0) is 9.53 Å². The van der Waals surface area contributed by atoms with Crippen LogP contribution in [0.2, 0.25) is 0 Å². The molecular formula is C12H13Br2NO4S. The van der Waals surface area contributed by atoms with Crippen molar-refractivity contribution < 1.29 is 19.4 Å². The Labute approximate surface area is 137 Å². The number of rotatable bonds is 4. The fourth-order valence-corrected chi connectivity index (χ4v) is 3.98. The summed E-state index contributed by atoms with van der Waals surface area (Å²) >= 11 is 7.95.